The molecule has 102 valence electrons. The summed E-state index contributed by atoms with van der Waals surface area (Å²) in [5, 5.41) is 2.99. The van der Waals surface area contributed by atoms with Gasteiger partial charge in [0.1, 0.15) is 16.5 Å². The van der Waals surface area contributed by atoms with Gasteiger partial charge in [-0.15, -0.1) is 0 Å². The quantitative estimate of drug-likeness (QED) is 0.764. The van der Waals surface area contributed by atoms with Crippen molar-refractivity contribution in [1.29, 1.82) is 0 Å². The second-order valence-corrected chi connectivity index (χ2v) is 5.79. The van der Waals surface area contributed by atoms with Crippen LogP contribution in [0.25, 0.3) is 0 Å². The molecule has 0 amide bonds. The number of nitrogens with zero attached hydrogens (tertiary/aromatic N) is 2. The maximum atomic E-state index is 12.0. The van der Waals surface area contributed by atoms with Crippen molar-refractivity contribution in [3.8, 4) is 0 Å². The number of aromatic amines is 1. The van der Waals surface area contributed by atoms with Gasteiger partial charge in [0.15, 0.2) is 0 Å². The van der Waals surface area contributed by atoms with Crippen LogP contribution in [0.4, 0.5) is 5.82 Å². The van der Waals surface area contributed by atoms with E-state index in [1.807, 2.05) is 0 Å². The summed E-state index contributed by atoms with van der Waals surface area (Å²) < 4.78 is 26.4. The Morgan fingerprint density at radius 3 is 2.79 bits per heavy atom. The number of pyridine rings is 1. The topological polar surface area (TPSA) is 99.8 Å². The predicted octanol–water partition coefficient (Wildman–Crippen LogP) is 0.978. The molecule has 0 atom stereocenters. The molecule has 0 aliphatic heterocycles. The van der Waals surface area contributed by atoms with Gasteiger partial charge in [-0.25, -0.2) is 23.1 Å². The molecule has 3 N–H and O–H groups in total. The molecule has 0 spiro atoms. The largest absolute Gasteiger partial charge is 0.372 e. The molecule has 9 heteroatoms. The van der Waals surface area contributed by atoms with Gasteiger partial charge >= 0.3 is 0 Å². The molecular formula is C10H12ClN5O2S. The van der Waals surface area contributed by atoms with E-state index >= 15 is 0 Å². The first-order chi connectivity index (χ1) is 9.03. The minimum absolute atomic E-state index is 0.00283. The van der Waals surface area contributed by atoms with Crippen LogP contribution in [-0.4, -0.2) is 30.4 Å². The summed E-state index contributed by atoms with van der Waals surface area (Å²) in [6, 6.07) is 1.34. The van der Waals surface area contributed by atoms with E-state index in [-0.39, 0.29) is 16.5 Å². The Morgan fingerprint density at radius 2 is 2.21 bits per heavy atom. The lowest BCUT2D eigenvalue weighted by molar-refractivity contribution is 0.579. The SMILES string of the molecule is CNc1ncc(S(=O)(=O)NCc2ncc[nH]2)cc1Cl. The van der Waals surface area contributed by atoms with Gasteiger partial charge in [0.25, 0.3) is 0 Å². The molecule has 0 aliphatic carbocycles. The summed E-state index contributed by atoms with van der Waals surface area (Å²) in [4.78, 5) is 10.6. The third-order valence-electron chi connectivity index (χ3n) is 2.35. The van der Waals surface area contributed by atoms with Gasteiger partial charge in [-0.05, 0) is 6.07 Å². The molecule has 0 aliphatic rings. The van der Waals surface area contributed by atoms with Crippen LogP contribution in [0.15, 0.2) is 29.6 Å². The smallest absolute Gasteiger partial charge is 0.242 e. The van der Waals surface area contributed by atoms with Crippen LogP contribution in [0.2, 0.25) is 5.02 Å². The summed E-state index contributed by atoms with van der Waals surface area (Å²) in [7, 11) is -2.02. The number of hydrogen-bond donors (Lipinski definition) is 3. The number of imidazole rings is 1. The van der Waals surface area contributed by atoms with E-state index in [1.54, 1.807) is 19.4 Å². The van der Waals surface area contributed by atoms with Gasteiger partial charge in [0.2, 0.25) is 10.0 Å². The Labute approximate surface area is 115 Å². The number of aromatic nitrogens is 3. The lowest BCUT2D eigenvalue weighted by Gasteiger charge is -2.07. The Hall–Kier alpha value is -1.64. The number of hydrogen-bond acceptors (Lipinski definition) is 5. The molecule has 0 saturated carbocycles. The highest BCUT2D eigenvalue weighted by Gasteiger charge is 2.16. The molecule has 2 aromatic rings. The van der Waals surface area contributed by atoms with E-state index in [1.165, 1.54) is 12.3 Å². The van der Waals surface area contributed by atoms with E-state index < -0.39 is 10.0 Å². The summed E-state index contributed by atoms with van der Waals surface area (Å²) in [6.07, 6.45) is 4.40. The molecule has 2 heterocycles. The van der Waals surface area contributed by atoms with Gasteiger partial charge in [-0.3, -0.25) is 0 Å². The van der Waals surface area contributed by atoms with Crippen LogP contribution in [0.3, 0.4) is 0 Å². The lowest BCUT2D eigenvalue weighted by atomic mass is 10.4. The number of nitrogens with one attached hydrogen (secondary N) is 3. The number of halogens is 1. The van der Waals surface area contributed by atoms with E-state index in [4.69, 9.17) is 11.6 Å². The van der Waals surface area contributed by atoms with Crippen molar-refractivity contribution in [2.75, 3.05) is 12.4 Å². The summed E-state index contributed by atoms with van der Waals surface area (Å²) >= 11 is 5.90. The molecule has 0 unspecified atom stereocenters. The Bertz CT molecular complexity index is 657. The van der Waals surface area contributed by atoms with Crippen LogP contribution in [-0.2, 0) is 16.6 Å². The standard InChI is InChI=1S/C10H12ClN5O2S/c1-12-10-8(11)4-7(5-15-10)19(17,18)16-6-9-13-2-3-14-9/h2-5,16H,6H2,1H3,(H,12,15)(H,13,14). The second-order valence-electron chi connectivity index (χ2n) is 3.61. The van der Waals surface area contributed by atoms with E-state index in [9.17, 15) is 8.42 Å². The zero-order valence-corrected chi connectivity index (χ0v) is 11.6. The van der Waals surface area contributed by atoms with Crippen molar-refractivity contribution < 1.29 is 8.42 Å². The number of H-pyrrole nitrogens is 1. The highest BCUT2D eigenvalue weighted by molar-refractivity contribution is 7.89. The minimum Gasteiger partial charge on any atom is -0.372 e. The average molecular weight is 302 g/mol. The Kier molecular flexibility index (Phi) is 4.03. The predicted molar refractivity (Wildman–Crippen MR) is 71.4 cm³/mol. The third-order valence-corrected chi connectivity index (χ3v) is 4.00. The molecule has 19 heavy (non-hydrogen) atoms. The highest BCUT2D eigenvalue weighted by atomic mass is 35.5. The average Bonchev–Trinajstić information content (AvgIpc) is 2.89. The van der Waals surface area contributed by atoms with Crippen molar-refractivity contribution >= 4 is 27.4 Å². The summed E-state index contributed by atoms with van der Waals surface area (Å²) in [6.45, 7) is 0.0702. The normalized spacial score (nSPS) is 11.5. The van der Waals surface area contributed by atoms with Gasteiger partial charge in [-0.2, -0.15) is 0 Å². The van der Waals surface area contributed by atoms with Crippen LogP contribution in [0.5, 0.6) is 0 Å². The zero-order chi connectivity index (χ0) is 13.9. The van der Waals surface area contributed by atoms with Crippen molar-refractivity contribution in [1.82, 2.24) is 19.7 Å². The summed E-state index contributed by atoms with van der Waals surface area (Å²) in [5.74, 6) is 0.945. The first kappa shape index (κ1) is 13.8. The molecule has 0 aromatic carbocycles. The number of sulfonamides is 1. The fourth-order valence-corrected chi connectivity index (χ4v) is 2.68. The van der Waals surface area contributed by atoms with E-state index in [0.717, 1.165) is 0 Å². The zero-order valence-electron chi connectivity index (χ0n) is 10.0. The minimum atomic E-state index is -3.67. The maximum Gasteiger partial charge on any atom is 0.242 e. The first-order valence-electron chi connectivity index (χ1n) is 5.34. The highest BCUT2D eigenvalue weighted by Crippen LogP contribution is 2.21. The molecule has 0 bridgehead atoms. The molecule has 0 radical (unpaired) electrons. The maximum absolute atomic E-state index is 12.0. The Balaban J connectivity index is 2.17. The van der Waals surface area contributed by atoms with Crippen molar-refractivity contribution in [2.45, 2.75) is 11.4 Å². The van der Waals surface area contributed by atoms with Gasteiger partial charge < -0.3 is 10.3 Å². The van der Waals surface area contributed by atoms with Crippen LogP contribution in [0, 0.1) is 0 Å². The number of rotatable bonds is 5. The molecule has 0 fully saturated rings. The van der Waals surface area contributed by atoms with Gasteiger partial charge in [0, 0.05) is 25.6 Å². The van der Waals surface area contributed by atoms with Crippen LogP contribution < -0.4 is 10.0 Å². The Morgan fingerprint density at radius 1 is 1.42 bits per heavy atom. The fourth-order valence-electron chi connectivity index (χ4n) is 1.39. The molecule has 2 rings (SSSR count). The third kappa shape index (κ3) is 3.22. The van der Waals surface area contributed by atoms with Crippen LogP contribution in [0.1, 0.15) is 5.82 Å². The van der Waals surface area contributed by atoms with E-state index in [0.29, 0.717) is 11.6 Å². The van der Waals surface area contributed by atoms with E-state index in [2.05, 4.69) is 25.0 Å². The molecule has 2 aromatic heterocycles. The summed E-state index contributed by atoms with van der Waals surface area (Å²) in [5.41, 5.74) is 0. The monoisotopic (exact) mass is 301 g/mol. The molecular weight excluding hydrogens is 290 g/mol. The lowest BCUT2D eigenvalue weighted by Crippen LogP contribution is -2.24. The fraction of sp³-hybridized carbons (Fsp3) is 0.200. The molecule has 7 nitrogen and oxygen atoms in total. The number of anilines is 1. The van der Waals surface area contributed by atoms with Gasteiger partial charge in [-0.1, -0.05) is 11.6 Å². The molecule has 0 saturated heterocycles. The van der Waals surface area contributed by atoms with Gasteiger partial charge in [0.05, 0.1) is 11.6 Å². The second kappa shape index (κ2) is 5.55. The van der Waals surface area contributed by atoms with Crippen molar-refractivity contribution in [3.63, 3.8) is 0 Å². The van der Waals surface area contributed by atoms with Crippen molar-refractivity contribution in [2.24, 2.45) is 0 Å². The van der Waals surface area contributed by atoms with Crippen LogP contribution >= 0.6 is 11.6 Å². The first-order valence-corrected chi connectivity index (χ1v) is 7.20. The van der Waals surface area contributed by atoms with Crippen molar-refractivity contribution in [3.05, 3.63) is 35.5 Å².